The van der Waals surface area contributed by atoms with Crippen molar-refractivity contribution < 1.29 is 4.74 Å². The van der Waals surface area contributed by atoms with Crippen LogP contribution in [-0.4, -0.2) is 6.23 Å². The van der Waals surface area contributed by atoms with E-state index in [0.29, 0.717) is 0 Å². The van der Waals surface area contributed by atoms with Gasteiger partial charge in [0.1, 0.15) is 12.0 Å². The van der Waals surface area contributed by atoms with E-state index in [1.165, 1.54) is 0 Å². The fraction of sp³-hybridized carbons (Fsp3) is 0.273. The molecule has 0 aromatic heterocycles. The molecule has 2 heteroatoms. The van der Waals surface area contributed by atoms with Crippen molar-refractivity contribution in [3.05, 3.63) is 36.4 Å². The van der Waals surface area contributed by atoms with Crippen LogP contribution in [0.2, 0.25) is 0 Å². The van der Waals surface area contributed by atoms with Crippen LogP contribution in [0.25, 0.3) is 5.57 Å². The summed E-state index contributed by atoms with van der Waals surface area (Å²) in [5.74, 6) is 0.792. The SMILES string of the molecule is C=C(C)c1ccc(OC(C)N)cc1. The molecule has 1 atom stereocenters. The van der Waals surface area contributed by atoms with E-state index in [0.717, 1.165) is 16.9 Å². The zero-order chi connectivity index (χ0) is 9.84. The maximum Gasteiger partial charge on any atom is 0.144 e. The lowest BCUT2D eigenvalue weighted by Gasteiger charge is -2.09. The highest BCUT2D eigenvalue weighted by Crippen LogP contribution is 2.17. The first-order chi connectivity index (χ1) is 6.09. The van der Waals surface area contributed by atoms with Crippen molar-refractivity contribution in [2.45, 2.75) is 20.1 Å². The van der Waals surface area contributed by atoms with Crippen molar-refractivity contribution in [2.75, 3.05) is 0 Å². The van der Waals surface area contributed by atoms with Gasteiger partial charge in [-0.3, -0.25) is 5.73 Å². The van der Waals surface area contributed by atoms with Gasteiger partial charge in [-0.2, -0.15) is 0 Å². The van der Waals surface area contributed by atoms with Gasteiger partial charge in [-0.15, -0.1) is 0 Å². The van der Waals surface area contributed by atoms with Gasteiger partial charge in [-0.05, 0) is 31.5 Å². The summed E-state index contributed by atoms with van der Waals surface area (Å²) >= 11 is 0. The summed E-state index contributed by atoms with van der Waals surface area (Å²) in [7, 11) is 0. The molecule has 70 valence electrons. The van der Waals surface area contributed by atoms with Crippen molar-refractivity contribution >= 4 is 5.57 Å². The van der Waals surface area contributed by atoms with Gasteiger partial charge in [0.25, 0.3) is 0 Å². The standard InChI is InChI=1S/C11H15NO/c1-8(2)10-4-6-11(7-5-10)13-9(3)12/h4-7,9H,1,12H2,2-3H3. The molecule has 0 radical (unpaired) electrons. The molecule has 0 aliphatic rings. The summed E-state index contributed by atoms with van der Waals surface area (Å²) in [5.41, 5.74) is 7.65. The molecule has 0 fully saturated rings. The highest BCUT2D eigenvalue weighted by atomic mass is 16.5. The molecule has 1 unspecified atom stereocenters. The Morgan fingerprint density at radius 1 is 1.38 bits per heavy atom. The summed E-state index contributed by atoms with van der Waals surface area (Å²) in [6.07, 6.45) is -0.268. The Morgan fingerprint density at radius 3 is 2.31 bits per heavy atom. The minimum atomic E-state index is -0.268. The van der Waals surface area contributed by atoms with E-state index in [2.05, 4.69) is 6.58 Å². The minimum absolute atomic E-state index is 0.268. The fourth-order valence-electron chi connectivity index (χ4n) is 1.03. The molecule has 0 aliphatic heterocycles. The minimum Gasteiger partial charge on any atom is -0.476 e. The highest BCUT2D eigenvalue weighted by Gasteiger charge is 1.97. The summed E-state index contributed by atoms with van der Waals surface area (Å²) in [5, 5.41) is 0. The quantitative estimate of drug-likeness (QED) is 0.719. The number of ether oxygens (including phenoxy) is 1. The number of benzene rings is 1. The Kier molecular flexibility index (Phi) is 3.09. The van der Waals surface area contributed by atoms with E-state index in [4.69, 9.17) is 10.5 Å². The average Bonchev–Trinajstić information content (AvgIpc) is 2.04. The van der Waals surface area contributed by atoms with Gasteiger partial charge in [0.15, 0.2) is 0 Å². The van der Waals surface area contributed by atoms with E-state index < -0.39 is 0 Å². The monoisotopic (exact) mass is 177 g/mol. The second-order valence-corrected chi connectivity index (χ2v) is 3.13. The van der Waals surface area contributed by atoms with Crippen LogP contribution in [0, 0.1) is 0 Å². The molecule has 1 aromatic rings. The number of rotatable bonds is 3. The maximum absolute atomic E-state index is 5.48. The van der Waals surface area contributed by atoms with Crippen LogP contribution in [0.3, 0.4) is 0 Å². The molecule has 2 N–H and O–H groups in total. The number of nitrogens with two attached hydrogens (primary N) is 1. The van der Waals surface area contributed by atoms with E-state index in [1.807, 2.05) is 31.2 Å². The summed E-state index contributed by atoms with van der Waals surface area (Å²) < 4.78 is 5.30. The van der Waals surface area contributed by atoms with Crippen LogP contribution in [0.5, 0.6) is 5.75 Å². The first-order valence-electron chi connectivity index (χ1n) is 4.28. The predicted octanol–water partition coefficient (Wildman–Crippen LogP) is 2.40. The number of allylic oxidation sites excluding steroid dienone is 1. The van der Waals surface area contributed by atoms with Gasteiger partial charge in [0, 0.05) is 0 Å². The van der Waals surface area contributed by atoms with Crippen molar-refractivity contribution in [1.29, 1.82) is 0 Å². The molecule has 1 rings (SSSR count). The van der Waals surface area contributed by atoms with Crippen molar-refractivity contribution in [1.82, 2.24) is 0 Å². The molecular weight excluding hydrogens is 162 g/mol. The van der Waals surface area contributed by atoms with Crippen LogP contribution in [-0.2, 0) is 0 Å². The molecule has 13 heavy (non-hydrogen) atoms. The summed E-state index contributed by atoms with van der Waals surface area (Å²) in [4.78, 5) is 0. The van der Waals surface area contributed by atoms with Crippen LogP contribution in [0.1, 0.15) is 19.4 Å². The molecule has 0 heterocycles. The Labute approximate surface area is 79.0 Å². The van der Waals surface area contributed by atoms with Gasteiger partial charge < -0.3 is 4.74 Å². The third-order valence-electron chi connectivity index (χ3n) is 1.67. The normalized spacial score (nSPS) is 12.2. The van der Waals surface area contributed by atoms with Gasteiger partial charge >= 0.3 is 0 Å². The first-order valence-corrected chi connectivity index (χ1v) is 4.28. The maximum atomic E-state index is 5.48. The smallest absolute Gasteiger partial charge is 0.144 e. The van der Waals surface area contributed by atoms with Crippen LogP contribution >= 0.6 is 0 Å². The van der Waals surface area contributed by atoms with Crippen molar-refractivity contribution in [3.8, 4) is 5.75 Å². The molecule has 0 saturated carbocycles. The van der Waals surface area contributed by atoms with E-state index in [1.54, 1.807) is 6.92 Å². The molecule has 2 nitrogen and oxygen atoms in total. The third kappa shape index (κ3) is 2.92. The Hall–Kier alpha value is -1.28. The average molecular weight is 177 g/mol. The third-order valence-corrected chi connectivity index (χ3v) is 1.67. The second-order valence-electron chi connectivity index (χ2n) is 3.13. The zero-order valence-corrected chi connectivity index (χ0v) is 8.08. The second kappa shape index (κ2) is 4.10. The summed E-state index contributed by atoms with van der Waals surface area (Å²) in [6, 6.07) is 7.74. The van der Waals surface area contributed by atoms with Crippen molar-refractivity contribution in [3.63, 3.8) is 0 Å². The highest BCUT2D eigenvalue weighted by molar-refractivity contribution is 5.61. The van der Waals surface area contributed by atoms with Gasteiger partial charge in [0.2, 0.25) is 0 Å². The molecule has 0 amide bonds. The molecular formula is C11H15NO. The fourth-order valence-corrected chi connectivity index (χ4v) is 1.03. The van der Waals surface area contributed by atoms with Crippen LogP contribution in [0.4, 0.5) is 0 Å². The Balaban J connectivity index is 2.75. The lowest BCUT2D eigenvalue weighted by Crippen LogP contribution is -2.22. The molecule has 1 aromatic carbocycles. The van der Waals surface area contributed by atoms with Crippen molar-refractivity contribution in [2.24, 2.45) is 5.73 Å². The lowest BCUT2D eigenvalue weighted by molar-refractivity contribution is 0.230. The molecule has 0 aliphatic carbocycles. The first kappa shape index (κ1) is 9.81. The van der Waals surface area contributed by atoms with E-state index >= 15 is 0 Å². The molecule has 0 saturated heterocycles. The van der Waals surface area contributed by atoms with E-state index in [9.17, 15) is 0 Å². The van der Waals surface area contributed by atoms with Gasteiger partial charge in [0.05, 0.1) is 0 Å². The molecule has 0 spiro atoms. The Bertz CT molecular complexity index is 287. The largest absolute Gasteiger partial charge is 0.476 e. The summed E-state index contributed by atoms with van der Waals surface area (Å²) in [6.45, 7) is 7.62. The predicted molar refractivity (Wildman–Crippen MR) is 55.4 cm³/mol. The van der Waals surface area contributed by atoms with Crippen LogP contribution in [0.15, 0.2) is 30.8 Å². The number of hydrogen-bond donors (Lipinski definition) is 1. The van der Waals surface area contributed by atoms with Gasteiger partial charge in [-0.25, -0.2) is 0 Å². The van der Waals surface area contributed by atoms with Gasteiger partial charge in [-0.1, -0.05) is 24.3 Å². The van der Waals surface area contributed by atoms with E-state index in [-0.39, 0.29) is 6.23 Å². The zero-order valence-electron chi connectivity index (χ0n) is 8.08. The Morgan fingerprint density at radius 2 is 1.92 bits per heavy atom. The topological polar surface area (TPSA) is 35.2 Å². The lowest BCUT2D eigenvalue weighted by atomic mass is 10.1. The molecule has 0 bridgehead atoms. The number of hydrogen-bond acceptors (Lipinski definition) is 2. The van der Waals surface area contributed by atoms with Crippen LogP contribution < -0.4 is 10.5 Å².